The molecule has 1 atom stereocenters. The number of carbonyl (C=O) groups excluding carboxylic acids is 1. The van der Waals surface area contributed by atoms with E-state index in [1.54, 1.807) is 24.3 Å². The van der Waals surface area contributed by atoms with E-state index >= 15 is 0 Å². The Kier molecular flexibility index (Phi) is 8.07. The van der Waals surface area contributed by atoms with E-state index in [-0.39, 0.29) is 17.5 Å². The third-order valence-electron chi connectivity index (χ3n) is 7.79. The number of halogens is 1. The molecule has 1 N–H and O–H groups in total. The second-order valence-electron chi connectivity index (χ2n) is 10.6. The van der Waals surface area contributed by atoms with E-state index in [1.807, 2.05) is 12.1 Å². The molecular formula is C30H31ClN4O5S. The highest BCUT2D eigenvalue weighted by Crippen LogP contribution is 2.31. The number of nitrogens with zero attached hydrogens (tertiary/aromatic N) is 4. The van der Waals surface area contributed by atoms with E-state index in [4.69, 9.17) is 31.0 Å². The van der Waals surface area contributed by atoms with Crippen molar-refractivity contribution in [1.29, 1.82) is 0 Å². The number of hydrogen-bond acceptors (Lipinski definition) is 8. The largest absolute Gasteiger partial charge is 0.478 e. The van der Waals surface area contributed by atoms with Gasteiger partial charge >= 0.3 is 5.97 Å². The fourth-order valence-electron chi connectivity index (χ4n) is 5.46. The second-order valence-corrected chi connectivity index (χ2v) is 12.2. The number of ether oxygens (including phenoxy) is 2. The summed E-state index contributed by atoms with van der Waals surface area (Å²) in [6.07, 6.45) is 3.07. The number of fused-ring (bicyclic) bond motifs is 1. The minimum atomic E-state index is -0.940. The lowest BCUT2D eigenvalue weighted by molar-refractivity contribution is -0.0592. The number of pyridine rings is 1. The van der Waals surface area contributed by atoms with Crippen LogP contribution in [0.25, 0.3) is 11.0 Å². The first kappa shape index (κ1) is 27.8. The number of carboxylic acid groups (broad SMARTS) is 1. The fraction of sp³-hybridized carbons (Fsp3) is 0.400. The van der Waals surface area contributed by atoms with Crippen molar-refractivity contribution in [2.45, 2.75) is 57.9 Å². The van der Waals surface area contributed by atoms with E-state index in [1.165, 1.54) is 18.3 Å². The lowest BCUT2D eigenvalue weighted by atomic mass is 9.93. The number of rotatable bonds is 10. The Morgan fingerprint density at radius 3 is 2.63 bits per heavy atom. The zero-order chi connectivity index (χ0) is 28.5. The van der Waals surface area contributed by atoms with Gasteiger partial charge < -0.3 is 19.1 Å². The molecule has 2 saturated heterocycles. The molecule has 3 aromatic heterocycles. The van der Waals surface area contributed by atoms with Crippen LogP contribution in [0, 0.1) is 0 Å². The van der Waals surface area contributed by atoms with Crippen molar-refractivity contribution in [2.75, 3.05) is 19.7 Å². The van der Waals surface area contributed by atoms with Gasteiger partial charge in [-0.2, -0.15) is 0 Å². The molecule has 4 aromatic rings. The molecular weight excluding hydrogens is 564 g/mol. The van der Waals surface area contributed by atoms with Crippen LogP contribution in [0.2, 0.25) is 5.02 Å². The van der Waals surface area contributed by atoms with Crippen molar-refractivity contribution >= 4 is 45.7 Å². The molecule has 6 rings (SSSR count). The van der Waals surface area contributed by atoms with E-state index < -0.39 is 5.97 Å². The molecule has 0 aliphatic carbocycles. The molecule has 9 nitrogen and oxygen atoms in total. The van der Waals surface area contributed by atoms with Gasteiger partial charge in [0.15, 0.2) is 5.78 Å². The maximum Gasteiger partial charge on any atom is 0.335 e. The Labute approximate surface area is 246 Å². The molecule has 0 bridgehead atoms. The number of carboxylic acids is 1. The molecule has 1 aromatic carbocycles. The minimum Gasteiger partial charge on any atom is -0.478 e. The Morgan fingerprint density at radius 1 is 1.15 bits per heavy atom. The van der Waals surface area contributed by atoms with Crippen molar-refractivity contribution in [1.82, 2.24) is 19.4 Å². The van der Waals surface area contributed by atoms with Crippen molar-refractivity contribution in [3.8, 4) is 5.88 Å². The van der Waals surface area contributed by atoms with Crippen LogP contribution in [0.15, 0.2) is 42.5 Å². The van der Waals surface area contributed by atoms with Gasteiger partial charge in [-0.05, 0) is 62.7 Å². The van der Waals surface area contributed by atoms with Gasteiger partial charge in [0.1, 0.15) is 12.4 Å². The quantitative estimate of drug-likeness (QED) is 0.230. The molecule has 2 aliphatic rings. The van der Waals surface area contributed by atoms with Gasteiger partial charge in [0.05, 0.1) is 45.7 Å². The average molecular weight is 595 g/mol. The summed E-state index contributed by atoms with van der Waals surface area (Å²) < 4.78 is 13.8. The van der Waals surface area contributed by atoms with Gasteiger partial charge in [0, 0.05) is 36.1 Å². The number of benzene rings is 1. The Hall–Kier alpha value is -3.31. The maximum atomic E-state index is 11.7. The summed E-state index contributed by atoms with van der Waals surface area (Å²) in [7, 11) is 0. The maximum absolute atomic E-state index is 11.7. The van der Waals surface area contributed by atoms with E-state index in [0.717, 1.165) is 66.4 Å². The van der Waals surface area contributed by atoms with Crippen LogP contribution in [0.5, 0.6) is 5.88 Å². The molecule has 0 spiro atoms. The molecule has 0 amide bonds. The summed E-state index contributed by atoms with van der Waals surface area (Å²) in [6, 6.07) is 12.8. The number of Topliss-reactive ketones (excluding diaryl/α,β-unsaturated/α-hetero) is 1. The van der Waals surface area contributed by atoms with Crippen LogP contribution in [0.3, 0.4) is 0 Å². The molecule has 214 valence electrons. The summed E-state index contributed by atoms with van der Waals surface area (Å²) in [5.74, 6) is 0.840. The van der Waals surface area contributed by atoms with E-state index in [9.17, 15) is 14.7 Å². The van der Waals surface area contributed by atoms with Gasteiger partial charge in [-0.1, -0.05) is 17.7 Å². The van der Waals surface area contributed by atoms with Crippen molar-refractivity contribution < 1.29 is 24.2 Å². The number of imidazole rings is 1. The van der Waals surface area contributed by atoms with E-state index in [0.29, 0.717) is 41.4 Å². The number of thiophene rings is 1. The first-order valence-corrected chi connectivity index (χ1v) is 15.0. The lowest BCUT2D eigenvalue weighted by Gasteiger charge is -2.32. The number of hydrogen-bond donors (Lipinski definition) is 1. The van der Waals surface area contributed by atoms with Crippen molar-refractivity contribution in [2.24, 2.45) is 0 Å². The zero-order valence-corrected chi connectivity index (χ0v) is 24.3. The number of ketones is 1. The summed E-state index contributed by atoms with van der Waals surface area (Å²) in [5, 5.41) is 9.96. The summed E-state index contributed by atoms with van der Waals surface area (Å²) in [6.45, 7) is 5.77. The number of likely N-dealkylation sites (tertiary alicyclic amines) is 1. The summed E-state index contributed by atoms with van der Waals surface area (Å²) >= 11 is 7.52. The molecule has 0 saturated carbocycles. The summed E-state index contributed by atoms with van der Waals surface area (Å²) in [4.78, 5) is 36.8. The predicted molar refractivity (Wildman–Crippen MR) is 156 cm³/mol. The smallest absolute Gasteiger partial charge is 0.335 e. The van der Waals surface area contributed by atoms with Gasteiger partial charge in [0.25, 0.3) is 0 Å². The van der Waals surface area contributed by atoms with Crippen LogP contribution < -0.4 is 4.74 Å². The van der Waals surface area contributed by atoms with Gasteiger partial charge in [0.2, 0.25) is 5.88 Å². The number of piperidine rings is 1. The van der Waals surface area contributed by atoms with Crippen molar-refractivity contribution in [3.05, 3.63) is 74.3 Å². The molecule has 0 unspecified atom stereocenters. The Bertz CT molecular complexity index is 1590. The minimum absolute atomic E-state index is 0.0466. The van der Waals surface area contributed by atoms with Crippen LogP contribution in [0.4, 0.5) is 0 Å². The SMILES string of the molecule is CC(=O)c1sc(COc2cccc(C3CCN(Cc4nc5ccc(C(=O)O)cc5n4C[C@@H]4CCO4)CC3)n2)cc1Cl. The third kappa shape index (κ3) is 6.16. The van der Waals surface area contributed by atoms with Gasteiger partial charge in [-0.15, -0.1) is 11.3 Å². The van der Waals surface area contributed by atoms with Crippen LogP contribution in [0.1, 0.15) is 68.5 Å². The second kappa shape index (κ2) is 11.9. The number of aromatic nitrogens is 3. The first-order valence-electron chi connectivity index (χ1n) is 13.8. The lowest BCUT2D eigenvalue weighted by Crippen LogP contribution is -2.35. The normalized spacial score (nSPS) is 18.0. The average Bonchev–Trinajstić information content (AvgIpc) is 3.49. The summed E-state index contributed by atoms with van der Waals surface area (Å²) in [5.41, 5.74) is 2.93. The molecule has 2 aliphatic heterocycles. The molecule has 0 radical (unpaired) electrons. The van der Waals surface area contributed by atoms with Gasteiger partial charge in [-0.3, -0.25) is 9.69 Å². The van der Waals surface area contributed by atoms with Crippen molar-refractivity contribution in [3.63, 3.8) is 0 Å². The van der Waals surface area contributed by atoms with Crippen LogP contribution >= 0.6 is 22.9 Å². The Balaban J connectivity index is 1.10. The predicted octanol–water partition coefficient (Wildman–Crippen LogP) is 5.79. The Morgan fingerprint density at radius 2 is 1.95 bits per heavy atom. The monoisotopic (exact) mass is 594 g/mol. The fourth-order valence-corrected chi connectivity index (χ4v) is 6.76. The molecule has 41 heavy (non-hydrogen) atoms. The molecule has 5 heterocycles. The third-order valence-corrected chi connectivity index (χ3v) is 9.41. The molecule has 11 heteroatoms. The highest BCUT2D eigenvalue weighted by molar-refractivity contribution is 7.14. The van der Waals surface area contributed by atoms with E-state index in [2.05, 4.69) is 15.5 Å². The standard InChI is InChI=1S/C30H31ClN4O5S/c1-18(36)29-23(31)14-22(41-29)17-40-28-4-2-3-24(33-28)19-7-10-34(11-8-19)16-27-32-25-6-5-20(30(37)38)13-26(25)35(27)15-21-9-12-39-21/h2-6,13-14,19,21H,7-12,15-17H2,1H3,(H,37,38)/t21-/m0/s1. The van der Waals surface area contributed by atoms with Crippen LogP contribution in [-0.2, 0) is 24.4 Å². The number of carbonyl (C=O) groups is 2. The first-order chi connectivity index (χ1) is 19.8. The van der Waals surface area contributed by atoms with Crippen LogP contribution in [-0.4, -0.2) is 62.1 Å². The highest BCUT2D eigenvalue weighted by atomic mass is 35.5. The number of aromatic carboxylic acids is 1. The topological polar surface area (TPSA) is 107 Å². The molecule has 2 fully saturated rings. The highest BCUT2D eigenvalue weighted by Gasteiger charge is 2.26. The zero-order valence-electron chi connectivity index (χ0n) is 22.7. The van der Waals surface area contributed by atoms with Gasteiger partial charge in [-0.25, -0.2) is 14.8 Å².